The number of thiazole rings is 1. The van der Waals surface area contributed by atoms with Crippen molar-refractivity contribution in [3.63, 3.8) is 0 Å². The standard InChI is InChI=1S/C26H32ClN5O2S2/c1-26(2,3)34-25(33)32(23-17-35-18-29-23)36-21-14-22(27)24(28-15-21)30(4)20-10-12-31(13-11-20)16-19-8-6-5-7-9-19/h5-9,14-15,17-18,20H,10-13,16H2,1-4H3. The number of carbonyl (C=O) groups is 1. The molecule has 0 aliphatic carbocycles. The van der Waals surface area contributed by atoms with E-state index in [2.05, 4.69) is 57.1 Å². The highest BCUT2D eigenvalue weighted by atomic mass is 35.5. The van der Waals surface area contributed by atoms with Crippen LogP contribution >= 0.6 is 34.9 Å². The topological polar surface area (TPSA) is 61.8 Å². The summed E-state index contributed by atoms with van der Waals surface area (Å²) in [6.07, 6.45) is 3.36. The Labute approximate surface area is 226 Å². The van der Waals surface area contributed by atoms with Gasteiger partial charge in [-0.15, -0.1) is 11.3 Å². The van der Waals surface area contributed by atoms with Crippen LogP contribution in [0.2, 0.25) is 5.02 Å². The molecule has 4 rings (SSSR count). The first-order chi connectivity index (χ1) is 17.2. The van der Waals surface area contributed by atoms with Gasteiger partial charge in [-0.2, -0.15) is 4.31 Å². The van der Waals surface area contributed by atoms with Crippen LogP contribution in [0.1, 0.15) is 39.2 Å². The third kappa shape index (κ3) is 7.12. The number of aromatic nitrogens is 2. The van der Waals surface area contributed by atoms with Gasteiger partial charge >= 0.3 is 6.09 Å². The van der Waals surface area contributed by atoms with E-state index in [1.165, 1.54) is 33.2 Å². The second kappa shape index (κ2) is 11.8. The molecule has 0 bridgehead atoms. The molecule has 7 nitrogen and oxygen atoms in total. The van der Waals surface area contributed by atoms with Crippen LogP contribution in [0.3, 0.4) is 0 Å². The van der Waals surface area contributed by atoms with E-state index in [4.69, 9.17) is 16.3 Å². The summed E-state index contributed by atoms with van der Waals surface area (Å²) in [7, 11) is 2.06. The molecular weight excluding hydrogens is 514 g/mol. The SMILES string of the molecule is CN(c1ncc(SN(C(=O)OC(C)(C)C)c2cscn2)cc1Cl)C1CCN(Cc2ccccc2)CC1. The molecule has 0 spiro atoms. The lowest BCUT2D eigenvalue weighted by Crippen LogP contribution is -2.43. The number of piperidine rings is 1. The zero-order chi connectivity index (χ0) is 25.7. The number of hydrogen-bond acceptors (Lipinski definition) is 8. The van der Waals surface area contributed by atoms with Crippen LogP contribution in [0.15, 0.2) is 58.4 Å². The molecule has 36 heavy (non-hydrogen) atoms. The number of anilines is 2. The van der Waals surface area contributed by atoms with Gasteiger partial charge in [0.25, 0.3) is 0 Å². The first-order valence-electron chi connectivity index (χ1n) is 11.9. The molecule has 10 heteroatoms. The van der Waals surface area contributed by atoms with Crippen LogP contribution in [0.5, 0.6) is 0 Å². The number of amides is 1. The zero-order valence-corrected chi connectivity index (χ0v) is 23.4. The van der Waals surface area contributed by atoms with Crippen LogP contribution in [0, 0.1) is 0 Å². The Bertz CT molecular complexity index is 1130. The minimum absolute atomic E-state index is 0.369. The molecule has 0 unspecified atom stereocenters. The number of pyridine rings is 1. The van der Waals surface area contributed by atoms with Gasteiger partial charge < -0.3 is 9.64 Å². The van der Waals surface area contributed by atoms with Crippen LogP contribution in [0.4, 0.5) is 16.4 Å². The van der Waals surface area contributed by atoms with Gasteiger partial charge in [0.15, 0.2) is 5.82 Å². The summed E-state index contributed by atoms with van der Waals surface area (Å²) in [4.78, 5) is 27.2. The summed E-state index contributed by atoms with van der Waals surface area (Å²) >= 11 is 9.31. The van der Waals surface area contributed by atoms with Crippen molar-refractivity contribution in [1.29, 1.82) is 0 Å². The van der Waals surface area contributed by atoms with Crippen LogP contribution in [0.25, 0.3) is 0 Å². The van der Waals surface area contributed by atoms with E-state index >= 15 is 0 Å². The maximum atomic E-state index is 12.9. The number of likely N-dealkylation sites (tertiary alicyclic amines) is 1. The predicted octanol–water partition coefficient (Wildman–Crippen LogP) is 6.74. The van der Waals surface area contributed by atoms with Gasteiger partial charge in [-0.1, -0.05) is 41.9 Å². The number of hydrogen-bond donors (Lipinski definition) is 0. The maximum absolute atomic E-state index is 12.9. The minimum Gasteiger partial charge on any atom is -0.443 e. The third-order valence-corrected chi connectivity index (χ3v) is 7.67. The van der Waals surface area contributed by atoms with Crippen LogP contribution in [-0.2, 0) is 11.3 Å². The smallest absolute Gasteiger partial charge is 0.426 e. The second-order valence-electron chi connectivity index (χ2n) is 9.79. The van der Waals surface area contributed by atoms with Crippen molar-refractivity contribution in [1.82, 2.24) is 14.9 Å². The molecule has 1 amide bonds. The highest BCUT2D eigenvalue weighted by Crippen LogP contribution is 2.35. The van der Waals surface area contributed by atoms with E-state index in [-0.39, 0.29) is 0 Å². The lowest BCUT2D eigenvalue weighted by molar-refractivity contribution is 0.0611. The molecular formula is C26H32ClN5O2S2. The Balaban J connectivity index is 1.39. The van der Waals surface area contributed by atoms with E-state index in [9.17, 15) is 4.79 Å². The lowest BCUT2D eigenvalue weighted by Gasteiger charge is -2.37. The predicted molar refractivity (Wildman–Crippen MR) is 149 cm³/mol. The number of rotatable bonds is 7. The molecule has 1 fully saturated rings. The summed E-state index contributed by atoms with van der Waals surface area (Å²) < 4.78 is 7.01. The largest absolute Gasteiger partial charge is 0.443 e. The highest BCUT2D eigenvalue weighted by molar-refractivity contribution is 8.01. The molecule has 1 saturated heterocycles. The van der Waals surface area contributed by atoms with E-state index in [1.54, 1.807) is 17.1 Å². The number of nitrogens with zero attached hydrogens (tertiary/aromatic N) is 5. The van der Waals surface area contributed by atoms with Crippen LogP contribution < -0.4 is 9.21 Å². The monoisotopic (exact) mass is 545 g/mol. The van der Waals surface area contributed by atoms with Gasteiger partial charge in [0.05, 0.1) is 10.5 Å². The van der Waals surface area contributed by atoms with E-state index < -0.39 is 11.7 Å². The summed E-state index contributed by atoms with van der Waals surface area (Å²) in [6.45, 7) is 8.56. The van der Waals surface area contributed by atoms with E-state index in [0.717, 1.165) is 43.2 Å². The molecule has 192 valence electrons. The number of ether oxygens (including phenoxy) is 1. The van der Waals surface area contributed by atoms with Crippen LogP contribution in [-0.4, -0.2) is 52.7 Å². The first kappa shape index (κ1) is 26.7. The second-order valence-corrected chi connectivity index (χ2v) is 11.9. The fraction of sp³-hybridized carbons (Fsp3) is 0.423. The number of benzene rings is 1. The zero-order valence-electron chi connectivity index (χ0n) is 21.1. The van der Waals surface area contributed by atoms with Gasteiger partial charge in [-0.3, -0.25) is 4.90 Å². The molecule has 2 aromatic heterocycles. The molecule has 1 aliphatic heterocycles. The summed E-state index contributed by atoms with van der Waals surface area (Å²) in [6, 6.07) is 12.8. The Hall–Kier alpha value is -2.33. The van der Waals surface area contributed by atoms with Gasteiger partial charge in [-0.05, 0) is 45.2 Å². The maximum Gasteiger partial charge on any atom is 0.426 e. The summed E-state index contributed by atoms with van der Waals surface area (Å²) in [5.74, 6) is 1.26. The molecule has 3 aromatic rings. The number of halogens is 1. The Morgan fingerprint density at radius 3 is 2.56 bits per heavy atom. The summed E-state index contributed by atoms with van der Waals surface area (Å²) in [5, 5.41) is 2.36. The first-order valence-corrected chi connectivity index (χ1v) is 14.0. The van der Waals surface area contributed by atoms with Crippen molar-refractivity contribution in [2.75, 3.05) is 29.3 Å². The highest BCUT2D eigenvalue weighted by Gasteiger charge is 2.28. The van der Waals surface area contributed by atoms with Crippen molar-refractivity contribution in [3.8, 4) is 0 Å². The summed E-state index contributed by atoms with van der Waals surface area (Å²) in [5.41, 5.74) is 2.41. The average Bonchev–Trinajstić information content (AvgIpc) is 3.37. The molecule has 3 heterocycles. The minimum atomic E-state index is -0.620. The Morgan fingerprint density at radius 1 is 1.22 bits per heavy atom. The lowest BCUT2D eigenvalue weighted by atomic mass is 10.0. The van der Waals surface area contributed by atoms with E-state index in [0.29, 0.717) is 16.9 Å². The number of carbonyl (C=O) groups excluding carboxylic acids is 1. The molecule has 0 atom stereocenters. The van der Waals surface area contributed by atoms with Gasteiger partial charge in [0, 0.05) is 61.1 Å². The van der Waals surface area contributed by atoms with Gasteiger partial charge in [0.1, 0.15) is 11.4 Å². The third-order valence-electron chi connectivity index (χ3n) is 5.87. The van der Waals surface area contributed by atoms with Crippen molar-refractivity contribution < 1.29 is 9.53 Å². The Morgan fingerprint density at radius 2 is 1.94 bits per heavy atom. The Kier molecular flexibility index (Phi) is 8.77. The quantitative estimate of drug-likeness (QED) is 0.304. The molecule has 1 aromatic carbocycles. The van der Waals surface area contributed by atoms with Crippen molar-refractivity contribution >= 4 is 52.6 Å². The molecule has 1 aliphatic rings. The van der Waals surface area contributed by atoms with E-state index in [1.807, 2.05) is 26.8 Å². The normalized spacial score (nSPS) is 15.0. The fourth-order valence-electron chi connectivity index (χ4n) is 4.09. The molecule has 0 radical (unpaired) electrons. The molecule has 0 N–H and O–H groups in total. The van der Waals surface area contributed by atoms with Gasteiger partial charge in [0.2, 0.25) is 0 Å². The van der Waals surface area contributed by atoms with Gasteiger partial charge in [-0.25, -0.2) is 14.8 Å². The molecule has 0 saturated carbocycles. The fourth-order valence-corrected chi connectivity index (χ4v) is 5.83. The van der Waals surface area contributed by atoms with Crippen molar-refractivity contribution in [2.45, 2.75) is 56.7 Å². The van der Waals surface area contributed by atoms with Crippen molar-refractivity contribution in [2.24, 2.45) is 0 Å². The van der Waals surface area contributed by atoms with Crippen molar-refractivity contribution in [3.05, 3.63) is 64.1 Å². The average molecular weight is 546 g/mol.